The molecule has 0 aliphatic carbocycles. The summed E-state index contributed by atoms with van der Waals surface area (Å²) in [6.45, 7) is 4.28. The molecule has 1 atom stereocenters. The molecule has 1 aliphatic rings. The number of hydrogen-bond donors (Lipinski definition) is 0. The molecule has 0 spiro atoms. The monoisotopic (exact) mass is 237 g/mol. The lowest BCUT2D eigenvalue weighted by atomic mass is 9.94. The van der Waals surface area contributed by atoms with Gasteiger partial charge in [-0.05, 0) is 17.5 Å². The van der Waals surface area contributed by atoms with Crippen LogP contribution in [0.2, 0.25) is 0 Å². The van der Waals surface area contributed by atoms with E-state index in [4.69, 9.17) is 0 Å². The van der Waals surface area contributed by atoms with Gasteiger partial charge in [0.2, 0.25) is 10.0 Å². The number of rotatable bonds is 2. The molecule has 2 rings (SSSR count). The highest BCUT2D eigenvalue weighted by molar-refractivity contribution is 7.88. The highest BCUT2D eigenvalue weighted by Crippen LogP contribution is 2.31. The molecule has 1 aromatic rings. The number of sulfonamides is 1. The van der Waals surface area contributed by atoms with Crippen LogP contribution in [0.4, 0.5) is 0 Å². The summed E-state index contributed by atoms with van der Waals surface area (Å²) in [6, 6.07) is 7.71. The maximum atomic E-state index is 11.6. The molecule has 0 amide bonds. The second kappa shape index (κ2) is 4.03. The first kappa shape index (κ1) is 11.4. The molecule has 1 aromatic carbocycles. The van der Waals surface area contributed by atoms with Gasteiger partial charge in [0.25, 0.3) is 0 Å². The van der Waals surface area contributed by atoms with Gasteiger partial charge in [-0.3, -0.25) is 0 Å². The van der Waals surface area contributed by atoms with Crippen LogP contribution in [0, 0.1) is 0 Å². The Hall–Kier alpha value is -1.13. The van der Waals surface area contributed by atoms with Crippen LogP contribution in [0.1, 0.15) is 17.2 Å². The number of fused-ring (bicyclic) bond motifs is 1. The summed E-state index contributed by atoms with van der Waals surface area (Å²) in [7, 11) is -3.17. The predicted molar refractivity (Wildman–Crippen MR) is 64.6 cm³/mol. The minimum absolute atomic E-state index is 0.222. The van der Waals surface area contributed by atoms with E-state index < -0.39 is 10.0 Å². The summed E-state index contributed by atoms with van der Waals surface area (Å²) in [5.41, 5.74) is 2.27. The van der Waals surface area contributed by atoms with Gasteiger partial charge in [0.1, 0.15) is 0 Å². The average Bonchev–Trinajstić information content (AvgIpc) is 2.26. The Morgan fingerprint density at radius 3 is 2.75 bits per heavy atom. The number of nitrogens with zero attached hydrogens (tertiary/aromatic N) is 1. The molecule has 0 N–H and O–H groups in total. The molecule has 0 saturated carbocycles. The van der Waals surface area contributed by atoms with E-state index in [1.54, 1.807) is 6.08 Å². The van der Waals surface area contributed by atoms with E-state index in [0.29, 0.717) is 6.54 Å². The van der Waals surface area contributed by atoms with E-state index in [9.17, 15) is 8.42 Å². The molecule has 0 aromatic heterocycles. The second-order valence-electron chi connectivity index (χ2n) is 4.00. The Kier molecular flexibility index (Phi) is 2.86. The third-order valence-corrected chi connectivity index (χ3v) is 4.20. The topological polar surface area (TPSA) is 37.4 Å². The zero-order valence-corrected chi connectivity index (χ0v) is 10.1. The molecule has 1 heterocycles. The van der Waals surface area contributed by atoms with Crippen LogP contribution in [0.5, 0.6) is 0 Å². The summed E-state index contributed by atoms with van der Waals surface area (Å²) in [4.78, 5) is 0. The molecule has 16 heavy (non-hydrogen) atoms. The molecule has 3 nitrogen and oxygen atoms in total. The van der Waals surface area contributed by atoms with Gasteiger partial charge < -0.3 is 0 Å². The number of benzene rings is 1. The van der Waals surface area contributed by atoms with Gasteiger partial charge in [-0.15, -0.1) is 6.58 Å². The van der Waals surface area contributed by atoms with Crippen molar-refractivity contribution in [2.24, 2.45) is 0 Å². The van der Waals surface area contributed by atoms with Gasteiger partial charge in [-0.1, -0.05) is 30.3 Å². The summed E-state index contributed by atoms with van der Waals surface area (Å²) in [5.74, 6) is 0. The molecule has 86 valence electrons. The molecular weight excluding hydrogens is 222 g/mol. The Balaban J connectivity index is 2.49. The molecular formula is C12H15NO2S. The summed E-state index contributed by atoms with van der Waals surface area (Å²) in [5, 5.41) is 0. The molecule has 1 unspecified atom stereocenters. The zero-order chi connectivity index (χ0) is 11.8. The minimum Gasteiger partial charge on any atom is -0.212 e. The smallest absolute Gasteiger partial charge is 0.212 e. The van der Waals surface area contributed by atoms with Crippen LogP contribution in [-0.2, 0) is 16.4 Å². The van der Waals surface area contributed by atoms with Gasteiger partial charge in [0.15, 0.2) is 0 Å². The first-order valence-corrected chi connectivity index (χ1v) is 7.06. The van der Waals surface area contributed by atoms with Crippen LogP contribution in [0.25, 0.3) is 0 Å². The maximum absolute atomic E-state index is 11.6. The van der Waals surface area contributed by atoms with Crippen molar-refractivity contribution in [2.75, 3.05) is 12.8 Å². The summed E-state index contributed by atoms with van der Waals surface area (Å²) >= 11 is 0. The molecule has 4 heteroatoms. The molecule has 1 aliphatic heterocycles. The van der Waals surface area contributed by atoms with Crippen molar-refractivity contribution < 1.29 is 8.42 Å². The van der Waals surface area contributed by atoms with Crippen LogP contribution in [0.3, 0.4) is 0 Å². The van der Waals surface area contributed by atoms with Crippen molar-refractivity contribution >= 4 is 10.0 Å². The van der Waals surface area contributed by atoms with Crippen molar-refractivity contribution in [1.29, 1.82) is 0 Å². The van der Waals surface area contributed by atoms with Crippen molar-refractivity contribution in [3.05, 3.63) is 48.0 Å². The lowest BCUT2D eigenvalue weighted by Crippen LogP contribution is -2.38. The average molecular weight is 237 g/mol. The third-order valence-electron chi connectivity index (χ3n) is 2.93. The normalized spacial score (nSPS) is 21.4. The van der Waals surface area contributed by atoms with Crippen molar-refractivity contribution in [3.8, 4) is 0 Å². The van der Waals surface area contributed by atoms with Crippen LogP contribution >= 0.6 is 0 Å². The van der Waals surface area contributed by atoms with E-state index in [1.807, 2.05) is 24.3 Å². The number of hydrogen-bond acceptors (Lipinski definition) is 2. The third kappa shape index (κ3) is 1.90. The Labute approximate surface area is 96.4 Å². The van der Waals surface area contributed by atoms with Crippen LogP contribution in [0.15, 0.2) is 36.9 Å². The zero-order valence-electron chi connectivity index (χ0n) is 9.26. The fourth-order valence-corrected chi connectivity index (χ4v) is 3.23. The fraction of sp³-hybridized carbons (Fsp3) is 0.333. The lowest BCUT2D eigenvalue weighted by Gasteiger charge is -2.33. The van der Waals surface area contributed by atoms with Crippen LogP contribution in [-0.4, -0.2) is 25.5 Å². The largest absolute Gasteiger partial charge is 0.212 e. The fourth-order valence-electron chi connectivity index (χ4n) is 2.19. The first-order chi connectivity index (χ1) is 7.54. The van der Waals surface area contributed by atoms with Crippen LogP contribution < -0.4 is 0 Å². The molecule has 0 bridgehead atoms. The van der Waals surface area contributed by atoms with Crippen molar-refractivity contribution in [1.82, 2.24) is 4.31 Å². The molecule has 0 saturated heterocycles. The molecule has 0 fully saturated rings. The van der Waals surface area contributed by atoms with Gasteiger partial charge in [-0.25, -0.2) is 8.42 Å². The second-order valence-corrected chi connectivity index (χ2v) is 5.94. The lowest BCUT2D eigenvalue weighted by molar-refractivity contribution is 0.355. The van der Waals surface area contributed by atoms with E-state index in [-0.39, 0.29) is 6.04 Å². The standard InChI is InChI=1S/C12H15NO2S/c1-3-12-11-7-5-4-6-10(11)8-9-13(12)16(2,14)15/h3-7,12H,1,8-9H2,2H3. The first-order valence-electron chi connectivity index (χ1n) is 5.21. The Bertz CT molecular complexity index is 508. The van der Waals surface area contributed by atoms with Gasteiger partial charge in [-0.2, -0.15) is 4.31 Å². The summed E-state index contributed by atoms with van der Waals surface area (Å²) < 4.78 is 24.8. The van der Waals surface area contributed by atoms with E-state index in [2.05, 4.69) is 6.58 Å². The van der Waals surface area contributed by atoms with E-state index in [0.717, 1.165) is 12.0 Å². The van der Waals surface area contributed by atoms with Gasteiger partial charge in [0, 0.05) is 6.54 Å². The quantitative estimate of drug-likeness (QED) is 0.735. The minimum atomic E-state index is -3.17. The predicted octanol–water partition coefficient (Wildman–Crippen LogP) is 1.73. The SMILES string of the molecule is C=CC1c2ccccc2CCN1S(C)(=O)=O. The Morgan fingerprint density at radius 2 is 2.12 bits per heavy atom. The van der Waals surface area contributed by atoms with Gasteiger partial charge >= 0.3 is 0 Å². The summed E-state index contributed by atoms with van der Waals surface area (Å²) in [6.07, 6.45) is 3.71. The van der Waals surface area contributed by atoms with Gasteiger partial charge in [0.05, 0.1) is 12.3 Å². The highest BCUT2D eigenvalue weighted by atomic mass is 32.2. The maximum Gasteiger partial charge on any atom is 0.212 e. The molecule has 0 radical (unpaired) electrons. The van der Waals surface area contributed by atoms with E-state index >= 15 is 0 Å². The Morgan fingerprint density at radius 1 is 1.44 bits per heavy atom. The van der Waals surface area contributed by atoms with Crippen molar-refractivity contribution in [3.63, 3.8) is 0 Å². The van der Waals surface area contributed by atoms with E-state index in [1.165, 1.54) is 16.1 Å². The highest BCUT2D eigenvalue weighted by Gasteiger charge is 2.30. The van der Waals surface area contributed by atoms with Crippen molar-refractivity contribution in [2.45, 2.75) is 12.5 Å².